The number of benzene rings is 2. The summed E-state index contributed by atoms with van der Waals surface area (Å²) in [6.45, 7) is 0. The van der Waals surface area contributed by atoms with Crippen LogP contribution in [0.15, 0.2) is 59.5 Å². The van der Waals surface area contributed by atoms with Gasteiger partial charge < -0.3 is 5.11 Å². The van der Waals surface area contributed by atoms with Crippen molar-refractivity contribution in [3.8, 4) is 0 Å². The van der Waals surface area contributed by atoms with E-state index >= 15 is 0 Å². The average molecular weight is 304 g/mol. The van der Waals surface area contributed by atoms with Crippen LogP contribution in [-0.2, 0) is 16.3 Å². The average Bonchev–Trinajstić information content (AvgIpc) is 2.48. The lowest BCUT2D eigenvalue weighted by molar-refractivity contribution is 0.0696. The van der Waals surface area contributed by atoms with Crippen LogP contribution in [-0.4, -0.2) is 25.2 Å². The van der Waals surface area contributed by atoms with Crippen LogP contribution >= 0.6 is 0 Å². The van der Waals surface area contributed by atoms with Crippen LogP contribution in [0.5, 0.6) is 0 Å². The maximum atomic E-state index is 12.2. The zero-order chi connectivity index (χ0) is 15.3. The third-order valence-electron chi connectivity index (χ3n) is 3.18. The first kappa shape index (κ1) is 15.3. The summed E-state index contributed by atoms with van der Waals surface area (Å²) in [4.78, 5) is 10.9. The van der Waals surface area contributed by atoms with Gasteiger partial charge in [-0.3, -0.25) is 0 Å². The van der Waals surface area contributed by atoms with E-state index in [4.69, 9.17) is 5.11 Å². The third kappa shape index (κ3) is 4.16. The molecule has 0 bridgehead atoms. The standard InChI is InChI=1S/C16H16O4S/c17-16(18)14-8-10-15(11-9-14)21(19,20)12-4-7-13-5-2-1-3-6-13/h1-3,5-6,8-11H,4,7,12H2,(H,17,18). The molecular formula is C16H16O4S. The summed E-state index contributed by atoms with van der Waals surface area (Å²) in [5.41, 5.74) is 1.19. The maximum Gasteiger partial charge on any atom is 0.335 e. The van der Waals surface area contributed by atoms with Crippen molar-refractivity contribution in [1.82, 2.24) is 0 Å². The van der Waals surface area contributed by atoms with Gasteiger partial charge in [0.15, 0.2) is 9.84 Å². The molecule has 0 heterocycles. The van der Waals surface area contributed by atoms with E-state index in [0.29, 0.717) is 12.8 Å². The Hall–Kier alpha value is -2.14. The monoisotopic (exact) mass is 304 g/mol. The number of carbonyl (C=O) groups is 1. The zero-order valence-electron chi connectivity index (χ0n) is 11.4. The number of carboxylic acid groups (broad SMARTS) is 1. The fraction of sp³-hybridized carbons (Fsp3) is 0.188. The molecular weight excluding hydrogens is 288 g/mol. The molecule has 21 heavy (non-hydrogen) atoms. The minimum Gasteiger partial charge on any atom is -0.478 e. The SMILES string of the molecule is O=C(O)c1ccc(S(=O)(=O)CCCc2ccccc2)cc1. The van der Waals surface area contributed by atoms with Crippen molar-refractivity contribution in [2.24, 2.45) is 0 Å². The maximum absolute atomic E-state index is 12.2. The van der Waals surface area contributed by atoms with E-state index in [2.05, 4.69) is 0 Å². The second-order valence-electron chi connectivity index (χ2n) is 4.74. The summed E-state index contributed by atoms with van der Waals surface area (Å²) >= 11 is 0. The van der Waals surface area contributed by atoms with E-state index < -0.39 is 15.8 Å². The predicted octanol–water partition coefficient (Wildman–Crippen LogP) is 2.79. The number of rotatable bonds is 6. The van der Waals surface area contributed by atoms with Crippen molar-refractivity contribution in [2.45, 2.75) is 17.7 Å². The van der Waals surface area contributed by atoms with Gasteiger partial charge >= 0.3 is 5.97 Å². The van der Waals surface area contributed by atoms with Gasteiger partial charge in [-0.05, 0) is 42.7 Å². The summed E-state index contributed by atoms with van der Waals surface area (Å²) in [5.74, 6) is -1.02. The normalized spacial score (nSPS) is 11.2. The van der Waals surface area contributed by atoms with E-state index in [1.165, 1.54) is 24.3 Å². The quantitative estimate of drug-likeness (QED) is 0.890. The van der Waals surface area contributed by atoms with Gasteiger partial charge in [-0.1, -0.05) is 30.3 Å². The van der Waals surface area contributed by atoms with Gasteiger partial charge in [0.05, 0.1) is 16.2 Å². The minimum absolute atomic E-state index is 0.0499. The van der Waals surface area contributed by atoms with Crippen LogP contribution in [0.3, 0.4) is 0 Å². The lowest BCUT2D eigenvalue weighted by atomic mass is 10.1. The molecule has 0 amide bonds. The van der Waals surface area contributed by atoms with Crippen molar-refractivity contribution in [3.63, 3.8) is 0 Å². The lowest BCUT2D eigenvalue weighted by Crippen LogP contribution is -2.08. The molecule has 0 atom stereocenters. The van der Waals surface area contributed by atoms with Crippen molar-refractivity contribution >= 4 is 15.8 Å². The van der Waals surface area contributed by atoms with Crippen LogP contribution < -0.4 is 0 Å². The molecule has 0 aromatic heterocycles. The smallest absolute Gasteiger partial charge is 0.335 e. The Morgan fingerprint density at radius 3 is 2.14 bits per heavy atom. The molecule has 2 rings (SSSR count). The van der Waals surface area contributed by atoms with E-state index in [1.807, 2.05) is 30.3 Å². The fourth-order valence-electron chi connectivity index (χ4n) is 2.03. The molecule has 2 aromatic rings. The molecule has 0 saturated carbocycles. The van der Waals surface area contributed by atoms with Crippen LogP contribution in [0.1, 0.15) is 22.3 Å². The van der Waals surface area contributed by atoms with Gasteiger partial charge in [0.2, 0.25) is 0 Å². The fourth-order valence-corrected chi connectivity index (χ4v) is 3.34. The second-order valence-corrected chi connectivity index (χ2v) is 6.85. The topological polar surface area (TPSA) is 71.4 Å². The van der Waals surface area contributed by atoms with Crippen LogP contribution in [0.4, 0.5) is 0 Å². The molecule has 0 aliphatic rings. The summed E-state index contributed by atoms with van der Waals surface area (Å²) < 4.78 is 24.3. The molecule has 5 heteroatoms. The van der Waals surface area contributed by atoms with Gasteiger partial charge in [0.25, 0.3) is 0 Å². The highest BCUT2D eigenvalue weighted by molar-refractivity contribution is 7.91. The molecule has 110 valence electrons. The van der Waals surface area contributed by atoms with Crippen molar-refractivity contribution in [2.75, 3.05) is 5.75 Å². The van der Waals surface area contributed by atoms with Gasteiger partial charge in [-0.25, -0.2) is 13.2 Å². The zero-order valence-corrected chi connectivity index (χ0v) is 12.2. The number of hydrogen-bond donors (Lipinski definition) is 1. The summed E-state index contributed by atoms with van der Waals surface area (Å²) in [6, 6.07) is 15.0. The van der Waals surface area contributed by atoms with E-state index in [1.54, 1.807) is 0 Å². The van der Waals surface area contributed by atoms with E-state index in [-0.39, 0.29) is 16.2 Å². The molecule has 0 spiro atoms. The number of aryl methyl sites for hydroxylation is 1. The molecule has 0 radical (unpaired) electrons. The Morgan fingerprint density at radius 1 is 0.952 bits per heavy atom. The van der Waals surface area contributed by atoms with Crippen LogP contribution in [0.25, 0.3) is 0 Å². The molecule has 0 aliphatic heterocycles. The predicted molar refractivity (Wildman–Crippen MR) is 80.2 cm³/mol. The first-order valence-corrected chi connectivity index (χ1v) is 8.24. The molecule has 0 unspecified atom stereocenters. The number of aromatic carboxylic acids is 1. The molecule has 1 N–H and O–H groups in total. The van der Waals surface area contributed by atoms with E-state index in [0.717, 1.165) is 5.56 Å². The molecule has 0 aliphatic carbocycles. The van der Waals surface area contributed by atoms with Gasteiger partial charge in [0.1, 0.15) is 0 Å². The van der Waals surface area contributed by atoms with E-state index in [9.17, 15) is 13.2 Å². The summed E-state index contributed by atoms with van der Waals surface area (Å²) in [5, 5.41) is 8.80. The summed E-state index contributed by atoms with van der Waals surface area (Å²) in [7, 11) is -3.37. The number of carboxylic acids is 1. The molecule has 0 fully saturated rings. The lowest BCUT2D eigenvalue weighted by Gasteiger charge is -2.05. The van der Waals surface area contributed by atoms with Crippen molar-refractivity contribution in [3.05, 3.63) is 65.7 Å². The summed E-state index contributed by atoms with van der Waals surface area (Å²) in [6.07, 6.45) is 1.24. The largest absolute Gasteiger partial charge is 0.478 e. The van der Waals surface area contributed by atoms with Gasteiger partial charge in [0, 0.05) is 0 Å². The molecule has 2 aromatic carbocycles. The Morgan fingerprint density at radius 2 is 1.57 bits per heavy atom. The number of hydrogen-bond acceptors (Lipinski definition) is 3. The Labute approximate surface area is 124 Å². The van der Waals surface area contributed by atoms with Gasteiger partial charge in [-0.15, -0.1) is 0 Å². The van der Waals surface area contributed by atoms with Gasteiger partial charge in [-0.2, -0.15) is 0 Å². The number of sulfone groups is 1. The molecule has 0 saturated heterocycles. The second kappa shape index (κ2) is 6.54. The molecule has 4 nitrogen and oxygen atoms in total. The third-order valence-corrected chi connectivity index (χ3v) is 5.00. The van der Waals surface area contributed by atoms with Crippen molar-refractivity contribution < 1.29 is 18.3 Å². The highest BCUT2D eigenvalue weighted by atomic mass is 32.2. The minimum atomic E-state index is -3.37. The Balaban J connectivity index is 2.00. The Kier molecular flexibility index (Phi) is 4.75. The van der Waals surface area contributed by atoms with Crippen LogP contribution in [0, 0.1) is 0 Å². The highest BCUT2D eigenvalue weighted by Crippen LogP contribution is 2.14. The van der Waals surface area contributed by atoms with Crippen molar-refractivity contribution in [1.29, 1.82) is 0 Å². The first-order valence-electron chi connectivity index (χ1n) is 6.59. The first-order chi connectivity index (χ1) is 9.99. The Bertz CT molecular complexity index is 704. The van der Waals surface area contributed by atoms with Crippen LogP contribution in [0.2, 0.25) is 0 Å². The highest BCUT2D eigenvalue weighted by Gasteiger charge is 2.14.